The highest BCUT2D eigenvalue weighted by atomic mass is 19.4. The van der Waals surface area contributed by atoms with E-state index in [0.717, 1.165) is 12.1 Å². The van der Waals surface area contributed by atoms with Gasteiger partial charge in [0.25, 0.3) is 0 Å². The third-order valence-electron chi connectivity index (χ3n) is 3.11. The lowest BCUT2D eigenvalue weighted by Gasteiger charge is -2.14. The molecule has 2 unspecified atom stereocenters. The molecule has 0 saturated heterocycles. The topological polar surface area (TPSA) is 61.4 Å². The lowest BCUT2D eigenvalue weighted by molar-refractivity contribution is -0.137. The molecule has 0 spiro atoms. The number of aliphatic hydroxyl groups is 1. The zero-order valence-corrected chi connectivity index (χ0v) is 13.6. The number of carbonyl (C=O) groups excluding carboxylic acids is 1. The molecule has 0 fully saturated rings. The van der Waals surface area contributed by atoms with Crippen LogP contribution in [-0.2, 0) is 6.18 Å². The molecule has 2 atom stereocenters. The fourth-order valence-electron chi connectivity index (χ4n) is 2.04. The molecule has 3 N–H and O–H groups in total. The number of hydrogen-bond donors (Lipinski definition) is 3. The van der Waals surface area contributed by atoms with Crippen molar-refractivity contribution in [2.45, 2.75) is 32.5 Å². The molecule has 0 bridgehead atoms. The van der Waals surface area contributed by atoms with E-state index in [4.69, 9.17) is 0 Å². The molecule has 0 aliphatic heterocycles. The predicted octanol–water partition coefficient (Wildman–Crippen LogP) is 2.76. The lowest BCUT2D eigenvalue weighted by Crippen LogP contribution is -2.38. The number of aliphatic hydroxyl groups excluding tert-OH is 1. The minimum atomic E-state index is -4.40. The first-order valence-corrected chi connectivity index (χ1v) is 7.54. The number of nitrogens with one attached hydrogen (secondary N) is 2. The maximum Gasteiger partial charge on any atom is 0.416 e. The lowest BCUT2D eigenvalue weighted by atomic mass is 10.1. The number of urea groups is 1. The SMILES string of the molecule is CC(O)CC(C)CNC(=O)NCC#Cc1cccc(C(F)(F)F)c1. The molecular weight excluding hydrogens is 321 g/mol. The number of hydrogen-bond acceptors (Lipinski definition) is 2. The smallest absolute Gasteiger partial charge is 0.393 e. The van der Waals surface area contributed by atoms with Gasteiger partial charge in [-0.25, -0.2) is 4.79 Å². The molecule has 24 heavy (non-hydrogen) atoms. The molecule has 1 aromatic carbocycles. The largest absolute Gasteiger partial charge is 0.416 e. The van der Waals surface area contributed by atoms with Gasteiger partial charge < -0.3 is 15.7 Å². The number of alkyl halides is 3. The minimum absolute atomic E-state index is 0.0207. The zero-order valence-electron chi connectivity index (χ0n) is 13.6. The second-order valence-electron chi connectivity index (χ2n) is 5.63. The average molecular weight is 342 g/mol. The zero-order chi connectivity index (χ0) is 18.2. The van der Waals surface area contributed by atoms with Crippen LogP contribution in [0.2, 0.25) is 0 Å². The van der Waals surface area contributed by atoms with Crippen LogP contribution in [-0.4, -0.2) is 30.3 Å². The van der Waals surface area contributed by atoms with Gasteiger partial charge in [-0.3, -0.25) is 0 Å². The predicted molar refractivity (Wildman–Crippen MR) is 85.2 cm³/mol. The van der Waals surface area contributed by atoms with Crippen LogP contribution in [0.5, 0.6) is 0 Å². The van der Waals surface area contributed by atoms with Gasteiger partial charge >= 0.3 is 12.2 Å². The molecule has 0 radical (unpaired) electrons. The Morgan fingerprint density at radius 3 is 2.62 bits per heavy atom. The molecule has 0 heterocycles. The molecule has 0 aliphatic rings. The average Bonchev–Trinajstić information content (AvgIpc) is 2.48. The Bertz CT molecular complexity index is 604. The van der Waals surface area contributed by atoms with E-state index in [1.807, 2.05) is 6.92 Å². The molecular formula is C17H21F3N2O2. The Morgan fingerprint density at radius 1 is 1.29 bits per heavy atom. The van der Waals surface area contributed by atoms with Crippen molar-refractivity contribution in [3.8, 4) is 11.8 Å². The van der Waals surface area contributed by atoms with Gasteiger partial charge in [0.15, 0.2) is 0 Å². The van der Waals surface area contributed by atoms with E-state index < -0.39 is 23.9 Å². The van der Waals surface area contributed by atoms with Gasteiger partial charge in [0.1, 0.15) is 0 Å². The van der Waals surface area contributed by atoms with Crippen molar-refractivity contribution in [2.24, 2.45) is 5.92 Å². The first kappa shape index (κ1) is 19.8. The van der Waals surface area contributed by atoms with E-state index in [1.165, 1.54) is 12.1 Å². The summed E-state index contributed by atoms with van der Waals surface area (Å²) in [6.45, 7) is 4.02. The minimum Gasteiger partial charge on any atom is -0.393 e. The van der Waals surface area contributed by atoms with Crippen molar-refractivity contribution < 1.29 is 23.1 Å². The first-order valence-electron chi connectivity index (χ1n) is 7.54. The quantitative estimate of drug-likeness (QED) is 0.721. The Balaban J connectivity index is 2.40. The standard InChI is InChI=1S/C17H21F3N2O2/c1-12(9-13(2)23)11-22-16(24)21-8-4-6-14-5-3-7-15(10-14)17(18,19)20/h3,5,7,10,12-13,23H,8-9,11H2,1-2H3,(H2,21,22,24). The third-order valence-corrected chi connectivity index (χ3v) is 3.11. The number of rotatable bonds is 5. The van der Waals surface area contributed by atoms with Crippen LogP contribution >= 0.6 is 0 Å². The van der Waals surface area contributed by atoms with Crippen molar-refractivity contribution in [1.29, 1.82) is 0 Å². The molecule has 1 aromatic rings. The van der Waals surface area contributed by atoms with Crippen LogP contribution < -0.4 is 10.6 Å². The highest BCUT2D eigenvalue weighted by Crippen LogP contribution is 2.29. The van der Waals surface area contributed by atoms with E-state index in [2.05, 4.69) is 22.5 Å². The van der Waals surface area contributed by atoms with E-state index in [9.17, 15) is 23.1 Å². The van der Waals surface area contributed by atoms with Crippen molar-refractivity contribution >= 4 is 6.03 Å². The molecule has 4 nitrogen and oxygen atoms in total. The van der Waals surface area contributed by atoms with E-state index in [1.54, 1.807) is 6.92 Å². The van der Waals surface area contributed by atoms with E-state index in [0.29, 0.717) is 13.0 Å². The second kappa shape index (κ2) is 9.18. The summed E-state index contributed by atoms with van der Waals surface area (Å²) in [5.41, 5.74) is -0.523. The van der Waals surface area contributed by atoms with Gasteiger partial charge in [-0.15, -0.1) is 0 Å². The number of carbonyl (C=O) groups is 1. The molecule has 2 amide bonds. The van der Waals surface area contributed by atoms with Crippen LogP contribution in [0.1, 0.15) is 31.4 Å². The fourth-order valence-corrected chi connectivity index (χ4v) is 2.04. The Morgan fingerprint density at radius 2 is 2.00 bits per heavy atom. The summed E-state index contributed by atoms with van der Waals surface area (Å²) < 4.78 is 37.7. The van der Waals surface area contributed by atoms with Gasteiger partial charge in [-0.2, -0.15) is 13.2 Å². The highest BCUT2D eigenvalue weighted by molar-refractivity contribution is 5.74. The second-order valence-corrected chi connectivity index (χ2v) is 5.63. The summed E-state index contributed by atoms with van der Waals surface area (Å²) in [7, 11) is 0. The van der Waals surface area contributed by atoms with Gasteiger partial charge in [-0.1, -0.05) is 24.8 Å². The van der Waals surface area contributed by atoms with Crippen LogP contribution in [0.3, 0.4) is 0 Å². The summed E-state index contributed by atoms with van der Waals surface area (Å²) >= 11 is 0. The van der Waals surface area contributed by atoms with Gasteiger partial charge in [0.05, 0.1) is 18.2 Å². The number of halogens is 3. The summed E-state index contributed by atoms with van der Waals surface area (Å²) in [6, 6.07) is 4.29. The summed E-state index contributed by atoms with van der Waals surface area (Å²) in [4.78, 5) is 11.5. The molecule has 0 saturated carbocycles. The van der Waals surface area contributed by atoms with E-state index >= 15 is 0 Å². The van der Waals surface area contributed by atoms with Gasteiger partial charge in [0, 0.05) is 12.1 Å². The van der Waals surface area contributed by atoms with Crippen molar-refractivity contribution in [3.63, 3.8) is 0 Å². The van der Waals surface area contributed by atoms with Crippen LogP contribution in [0, 0.1) is 17.8 Å². The maximum absolute atomic E-state index is 12.6. The van der Waals surface area contributed by atoms with Crippen LogP contribution in [0.25, 0.3) is 0 Å². The summed E-state index contributed by atoms with van der Waals surface area (Å²) in [5.74, 6) is 5.31. The summed E-state index contributed by atoms with van der Waals surface area (Å²) in [6.07, 6.45) is -4.25. The Kier molecular flexibility index (Phi) is 7.59. The molecule has 0 aromatic heterocycles. The van der Waals surface area contributed by atoms with Crippen molar-refractivity contribution in [2.75, 3.05) is 13.1 Å². The summed E-state index contributed by atoms with van der Waals surface area (Å²) in [5, 5.41) is 14.4. The third kappa shape index (κ3) is 7.88. The maximum atomic E-state index is 12.6. The van der Waals surface area contributed by atoms with Gasteiger partial charge in [-0.05, 0) is 37.5 Å². The fraction of sp³-hybridized carbons (Fsp3) is 0.471. The van der Waals surface area contributed by atoms with Crippen molar-refractivity contribution in [1.82, 2.24) is 10.6 Å². The Labute approximate surface area is 139 Å². The van der Waals surface area contributed by atoms with E-state index in [-0.39, 0.29) is 18.0 Å². The normalized spacial score (nSPS) is 13.4. The Hall–Kier alpha value is -2.20. The monoisotopic (exact) mass is 342 g/mol. The number of benzene rings is 1. The number of amides is 2. The highest BCUT2D eigenvalue weighted by Gasteiger charge is 2.30. The first-order chi connectivity index (χ1) is 11.2. The molecule has 132 valence electrons. The molecule has 7 heteroatoms. The van der Waals surface area contributed by atoms with Gasteiger partial charge in [0.2, 0.25) is 0 Å². The molecule has 0 aliphatic carbocycles. The molecule has 1 rings (SSSR count). The van der Waals surface area contributed by atoms with Crippen LogP contribution in [0.4, 0.5) is 18.0 Å². The van der Waals surface area contributed by atoms with Crippen LogP contribution in [0.15, 0.2) is 24.3 Å². The van der Waals surface area contributed by atoms with Crippen molar-refractivity contribution in [3.05, 3.63) is 35.4 Å².